The Hall–Kier alpha value is -2.16. The number of hydrogen-bond donors (Lipinski definition) is 0. The molecular weight excluding hydrogens is 351 g/mol. The zero-order valence-electron chi connectivity index (χ0n) is 19.3. The van der Waals surface area contributed by atoms with Gasteiger partial charge in [0, 0.05) is 6.21 Å². The minimum atomic E-state index is 0.381. The van der Waals surface area contributed by atoms with Gasteiger partial charge in [0.15, 0.2) is 0 Å². The topological polar surface area (TPSA) is 24.7 Å². The Balaban J connectivity index is 2.53. The first-order valence-corrected chi connectivity index (χ1v) is 10.8. The molecule has 0 aliphatic carbocycles. The summed E-state index contributed by atoms with van der Waals surface area (Å²) >= 11 is 0. The number of benzene rings is 2. The van der Waals surface area contributed by atoms with Crippen molar-refractivity contribution in [3.8, 4) is 0 Å². The summed E-state index contributed by atoms with van der Waals surface area (Å²) in [6, 6.07) is 12.8. The molecule has 0 aliphatic heterocycles. The third kappa shape index (κ3) is 5.68. The van der Waals surface area contributed by atoms with Crippen molar-refractivity contribution < 1.29 is 0 Å². The molecule has 0 aromatic heterocycles. The van der Waals surface area contributed by atoms with Crippen molar-refractivity contribution in [2.45, 2.75) is 79.1 Å². The van der Waals surface area contributed by atoms with Crippen LogP contribution in [0.25, 0.3) is 0 Å². The molecule has 3 heteroatoms. The van der Waals surface area contributed by atoms with Crippen molar-refractivity contribution in [2.24, 2.45) is 9.98 Å². The maximum atomic E-state index is 6.34. The second-order valence-corrected chi connectivity index (χ2v) is 8.98. The molecule has 0 spiro atoms. The van der Waals surface area contributed by atoms with Crippen LogP contribution in [0.15, 0.2) is 46.4 Å². The molecule has 29 heavy (non-hydrogen) atoms. The predicted octanol–water partition coefficient (Wildman–Crippen LogP) is 7.78. The third-order valence-corrected chi connectivity index (χ3v) is 5.25. The normalized spacial score (nSPS) is 12.9. The van der Waals surface area contributed by atoms with Gasteiger partial charge in [0.1, 0.15) is 0 Å². The zero-order valence-corrected chi connectivity index (χ0v) is 19.3. The Morgan fingerprint density at radius 3 is 1.34 bits per heavy atom. The summed E-state index contributed by atoms with van der Waals surface area (Å²) in [5, 5.41) is 0. The summed E-state index contributed by atoms with van der Waals surface area (Å²) < 4.78 is 0. The first-order chi connectivity index (χ1) is 13.6. The van der Waals surface area contributed by atoms with Gasteiger partial charge in [0.05, 0.1) is 11.4 Å². The van der Waals surface area contributed by atoms with E-state index in [0.717, 1.165) is 11.4 Å². The highest BCUT2D eigenvalue weighted by Crippen LogP contribution is 2.36. The van der Waals surface area contributed by atoms with Crippen molar-refractivity contribution in [2.75, 3.05) is 0 Å². The van der Waals surface area contributed by atoms with Gasteiger partial charge in [-0.15, -0.1) is 0 Å². The Morgan fingerprint density at radius 2 is 1.00 bits per heavy atom. The Morgan fingerprint density at radius 1 is 0.655 bits per heavy atom. The maximum Gasteiger partial charge on any atom is 0.0697 e. The molecule has 2 aromatic carbocycles. The lowest BCUT2D eigenvalue weighted by atomic mass is 9.92. The van der Waals surface area contributed by atoms with Gasteiger partial charge >= 0.3 is 0 Å². The van der Waals surface area contributed by atoms with E-state index in [0.29, 0.717) is 29.3 Å². The molecule has 0 fully saturated rings. The number of nitrogens with zero attached hydrogens (tertiary/aromatic N) is 2. The molecule has 0 saturated heterocycles. The van der Waals surface area contributed by atoms with E-state index in [9.17, 15) is 0 Å². The van der Waals surface area contributed by atoms with E-state index in [1.807, 2.05) is 0 Å². The van der Waals surface area contributed by atoms with Crippen LogP contribution < -0.4 is 0 Å². The van der Waals surface area contributed by atoms with Crippen molar-refractivity contribution in [3.05, 3.63) is 58.7 Å². The molecule has 0 aliphatic rings. The van der Waals surface area contributed by atoms with Gasteiger partial charge in [-0.1, -0.05) is 91.8 Å². The highest BCUT2D eigenvalue weighted by Gasteiger charge is 2.13. The molecule has 0 bridgehead atoms. The van der Waals surface area contributed by atoms with Crippen LogP contribution in [0.5, 0.6) is 0 Å². The summed E-state index contributed by atoms with van der Waals surface area (Å²) in [5.74, 6) is 1.55. The first-order valence-electron chi connectivity index (χ1n) is 10.8. The fourth-order valence-corrected chi connectivity index (χ4v) is 3.59. The maximum absolute atomic E-state index is 6.34. The first kappa shape index (κ1) is 23.1. The van der Waals surface area contributed by atoms with Crippen LogP contribution in [0.3, 0.4) is 0 Å². The Labute approximate surface area is 179 Å². The highest BCUT2D eigenvalue weighted by atomic mass is 14.8. The van der Waals surface area contributed by atoms with Gasteiger partial charge in [-0.05, 0) is 45.9 Å². The van der Waals surface area contributed by atoms with Gasteiger partial charge in [-0.25, -0.2) is 5.61 Å². The number of rotatable bonds is 7. The smallest absolute Gasteiger partial charge is 0.0697 e. The molecule has 0 heterocycles. The van der Waals surface area contributed by atoms with Gasteiger partial charge in [0.2, 0.25) is 0 Å². The molecular formula is C26H35BN2-. The van der Waals surface area contributed by atoms with Crippen molar-refractivity contribution >= 4 is 31.0 Å². The van der Waals surface area contributed by atoms with Crippen LogP contribution >= 0.6 is 0 Å². The van der Waals surface area contributed by atoms with E-state index in [1.165, 1.54) is 22.3 Å². The number of para-hydroxylation sites is 2. The molecule has 2 rings (SSSR count). The van der Waals surface area contributed by atoms with E-state index in [-0.39, 0.29) is 0 Å². The molecule has 153 valence electrons. The van der Waals surface area contributed by atoms with Crippen molar-refractivity contribution in [3.63, 3.8) is 0 Å². The lowest BCUT2D eigenvalue weighted by Gasteiger charge is -2.20. The lowest BCUT2D eigenvalue weighted by molar-refractivity contribution is 0.834. The van der Waals surface area contributed by atoms with Crippen LogP contribution in [0, 0.1) is 0 Å². The molecule has 3 radical (unpaired) electrons. The summed E-state index contributed by atoms with van der Waals surface area (Å²) in [6.07, 6.45) is 1.72. The van der Waals surface area contributed by atoms with Crippen LogP contribution in [0.1, 0.15) is 101 Å². The Bertz CT molecular complexity index is 837. The van der Waals surface area contributed by atoms with E-state index in [4.69, 9.17) is 17.8 Å². The second kappa shape index (κ2) is 10.0. The average molecular weight is 386 g/mol. The second-order valence-electron chi connectivity index (χ2n) is 8.98. The minimum absolute atomic E-state index is 0.381. The Kier molecular flexibility index (Phi) is 8.01. The number of aliphatic imine (C=N–C) groups is 2. The van der Waals surface area contributed by atoms with Crippen LogP contribution in [0.4, 0.5) is 11.4 Å². The fourth-order valence-electron chi connectivity index (χ4n) is 3.59. The standard InChI is InChI=1S/C26H35BN2/c1-16(2)20-11-9-12-21(17(3)4)25(20)28-15-24(27)29-26-22(18(5)6)13-10-14-23(26)19(7)8/h9-19H,1-8H3/q-1. The summed E-state index contributed by atoms with van der Waals surface area (Å²) in [5.41, 5.74) is 7.38. The molecule has 0 unspecified atom stereocenters. The zero-order chi connectivity index (χ0) is 21.7. The lowest BCUT2D eigenvalue weighted by Crippen LogP contribution is -2.03. The van der Waals surface area contributed by atoms with Crippen LogP contribution in [0.2, 0.25) is 0 Å². The summed E-state index contributed by atoms with van der Waals surface area (Å²) in [6.45, 7) is 17.6. The predicted molar refractivity (Wildman–Crippen MR) is 130 cm³/mol. The minimum Gasteiger partial charge on any atom is -0.551 e. The van der Waals surface area contributed by atoms with Gasteiger partial charge in [-0.3, -0.25) is 4.99 Å². The number of hydrogen-bond acceptors (Lipinski definition) is 2. The van der Waals surface area contributed by atoms with Crippen LogP contribution in [-0.2, 0) is 0 Å². The largest absolute Gasteiger partial charge is 0.551 e. The molecule has 0 atom stereocenters. The average Bonchev–Trinajstić information content (AvgIpc) is 2.65. The highest BCUT2D eigenvalue weighted by molar-refractivity contribution is 6.76. The molecule has 2 nitrogen and oxygen atoms in total. The summed E-state index contributed by atoms with van der Waals surface area (Å²) in [7, 11) is 6.34. The molecule has 0 amide bonds. The van der Waals surface area contributed by atoms with E-state index in [2.05, 4.69) is 91.8 Å². The van der Waals surface area contributed by atoms with Crippen LogP contribution in [-0.4, -0.2) is 19.7 Å². The fraction of sp³-hybridized carbons (Fsp3) is 0.462. The SMILES string of the molecule is [B-]C(C=Nc1c(C(C)C)cccc1C(C)C)=Nc1c(C(C)C)cccc1C(C)C. The van der Waals surface area contributed by atoms with Crippen molar-refractivity contribution in [1.82, 2.24) is 0 Å². The molecule has 0 N–H and O–H groups in total. The van der Waals surface area contributed by atoms with Gasteiger partial charge in [0.25, 0.3) is 0 Å². The molecule has 2 aromatic rings. The quantitative estimate of drug-likeness (QED) is 0.343. The van der Waals surface area contributed by atoms with Crippen molar-refractivity contribution in [1.29, 1.82) is 0 Å². The van der Waals surface area contributed by atoms with Gasteiger partial charge in [-0.2, -0.15) is 0 Å². The van der Waals surface area contributed by atoms with E-state index in [1.54, 1.807) is 6.21 Å². The third-order valence-electron chi connectivity index (χ3n) is 5.25. The van der Waals surface area contributed by atoms with E-state index < -0.39 is 0 Å². The van der Waals surface area contributed by atoms with E-state index >= 15 is 0 Å². The monoisotopic (exact) mass is 386 g/mol. The summed E-state index contributed by atoms with van der Waals surface area (Å²) in [4.78, 5) is 9.62. The van der Waals surface area contributed by atoms with Gasteiger partial charge < -0.3 is 12.8 Å². The molecule has 0 saturated carbocycles.